The van der Waals surface area contributed by atoms with Crippen LogP contribution in [-0.2, 0) is 17.9 Å². The largest absolute Gasteiger partial charge is 0.368 e. The van der Waals surface area contributed by atoms with Crippen molar-refractivity contribution in [2.75, 3.05) is 0 Å². The second-order valence-corrected chi connectivity index (χ2v) is 4.47. The van der Waals surface area contributed by atoms with Gasteiger partial charge in [-0.15, -0.1) is 0 Å². The summed E-state index contributed by atoms with van der Waals surface area (Å²) in [7, 11) is 0. The minimum Gasteiger partial charge on any atom is -0.368 e. The Morgan fingerprint density at radius 2 is 1.76 bits per heavy atom. The third-order valence-electron chi connectivity index (χ3n) is 2.89. The Morgan fingerprint density at radius 1 is 1.05 bits per heavy atom. The van der Waals surface area contributed by atoms with Gasteiger partial charge in [-0.2, -0.15) is 0 Å². The third-order valence-corrected chi connectivity index (χ3v) is 2.89. The molecular weight excluding hydrogens is 270 g/mol. The van der Waals surface area contributed by atoms with Crippen LogP contribution in [0.5, 0.6) is 0 Å². The highest BCUT2D eigenvalue weighted by Gasteiger charge is 2.13. The molecule has 0 saturated carbocycles. The molecule has 3 N–H and O–H groups in total. The highest BCUT2D eigenvalue weighted by atomic mass is 16.2. The van der Waals surface area contributed by atoms with Crippen molar-refractivity contribution in [3.63, 3.8) is 0 Å². The maximum atomic E-state index is 12.1. The lowest BCUT2D eigenvalue weighted by Gasteiger charge is -2.11. The molecule has 0 saturated heterocycles. The van der Waals surface area contributed by atoms with Crippen molar-refractivity contribution in [2.24, 2.45) is 5.73 Å². The van der Waals surface area contributed by atoms with Crippen molar-refractivity contribution in [3.8, 4) is 0 Å². The van der Waals surface area contributed by atoms with Gasteiger partial charge >= 0.3 is 0 Å². The lowest BCUT2D eigenvalue weighted by atomic mass is 10.2. The number of nitrogens with one attached hydrogen (secondary N) is 1. The first-order valence-electron chi connectivity index (χ1n) is 6.38. The molecule has 2 amide bonds. The molecule has 1 aromatic carbocycles. The Labute approximate surface area is 121 Å². The van der Waals surface area contributed by atoms with Crippen LogP contribution in [0.25, 0.3) is 0 Å². The molecule has 1 aromatic heterocycles. The average molecular weight is 285 g/mol. The quantitative estimate of drug-likeness (QED) is 0.825. The van der Waals surface area contributed by atoms with Gasteiger partial charge in [0.25, 0.3) is 11.5 Å². The van der Waals surface area contributed by atoms with Gasteiger partial charge in [0.15, 0.2) is 0 Å². The SMILES string of the molecule is NC(=O)Cn1c(C(=O)NCc2ccccc2)cccc1=O. The third kappa shape index (κ3) is 3.79. The van der Waals surface area contributed by atoms with Crippen LogP contribution in [0.3, 0.4) is 0 Å². The Hall–Kier alpha value is -2.89. The van der Waals surface area contributed by atoms with Gasteiger partial charge in [0.05, 0.1) is 0 Å². The van der Waals surface area contributed by atoms with E-state index in [0.29, 0.717) is 6.54 Å². The molecule has 0 spiro atoms. The Morgan fingerprint density at radius 3 is 2.43 bits per heavy atom. The highest BCUT2D eigenvalue weighted by molar-refractivity contribution is 5.93. The van der Waals surface area contributed by atoms with Gasteiger partial charge in [0, 0.05) is 12.6 Å². The van der Waals surface area contributed by atoms with E-state index in [2.05, 4.69) is 5.32 Å². The number of carbonyl (C=O) groups is 2. The predicted molar refractivity (Wildman–Crippen MR) is 77.5 cm³/mol. The normalized spacial score (nSPS) is 10.1. The summed E-state index contributed by atoms with van der Waals surface area (Å²) in [4.78, 5) is 34.9. The molecule has 6 heteroatoms. The summed E-state index contributed by atoms with van der Waals surface area (Å²) in [6, 6.07) is 13.6. The summed E-state index contributed by atoms with van der Waals surface area (Å²) in [5.74, 6) is -1.11. The number of hydrogen-bond donors (Lipinski definition) is 2. The standard InChI is InChI=1S/C15H15N3O3/c16-13(19)10-18-12(7-4-8-14(18)20)15(21)17-9-11-5-2-1-3-6-11/h1-8H,9-10H2,(H2,16,19)(H,17,21). The number of carbonyl (C=O) groups excluding carboxylic acids is 2. The Balaban J connectivity index is 2.17. The number of benzene rings is 1. The van der Waals surface area contributed by atoms with E-state index in [0.717, 1.165) is 10.1 Å². The van der Waals surface area contributed by atoms with Gasteiger partial charge in [0.1, 0.15) is 12.2 Å². The topological polar surface area (TPSA) is 94.2 Å². The molecule has 0 bridgehead atoms. The zero-order valence-electron chi connectivity index (χ0n) is 11.3. The van der Waals surface area contributed by atoms with Gasteiger partial charge < -0.3 is 11.1 Å². The van der Waals surface area contributed by atoms with Crippen LogP contribution < -0.4 is 16.6 Å². The lowest BCUT2D eigenvalue weighted by molar-refractivity contribution is -0.118. The van der Waals surface area contributed by atoms with Crippen molar-refractivity contribution in [1.82, 2.24) is 9.88 Å². The van der Waals surface area contributed by atoms with Crippen LogP contribution in [0.15, 0.2) is 53.3 Å². The van der Waals surface area contributed by atoms with Crippen molar-refractivity contribution in [3.05, 3.63) is 70.1 Å². The number of hydrogen-bond acceptors (Lipinski definition) is 3. The molecule has 6 nitrogen and oxygen atoms in total. The fourth-order valence-electron chi connectivity index (χ4n) is 1.91. The minimum absolute atomic E-state index is 0.109. The molecule has 2 aromatic rings. The monoisotopic (exact) mass is 285 g/mol. The summed E-state index contributed by atoms with van der Waals surface area (Å²) >= 11 is 0. The second kappa shape index (κ2) is 6.51. The number of aromatic nitrogens is 1. The molecule has 0 aliphatic carbocycles. The number of rotatable bonds is 5. The van der Waals surface area contributed by atoms with E-state index in [1.807, 2.05) is 30.3 Å². The van der Waals surface area contributed by atoms with E-state index < -0.39 is 17.4 Å². The van der Waals surface area contributed by atoms with E-state index >= 15 is 0 Å². The second-order valence-electron chi connectivity index (χ2n) is 4.47. The zero-order chi connectivity index (χ0) is 15.2. The van der Waals surface area contributed by atoms with E-state index in [4.69, 9.17) is 5.73 Å². The molecule has 0 aliphatic rings. The first-order valence-corrected chi connectivity index (χ1v) is 6.38. The number of nitrogens with two attached hydrogens (primary N) is 1. The number of amides is 2. The van der Waals surface area contributed by atoms with Gasteiger partial charge in [-0.3, -0.25) is 19.0 Å². The lowest BCUT2D eigenvalue weighted by Crippen LogP contribution is -2.35. The predicted octanol–water partition coefficient (Wildman–Crippen LogP) is 0.264. The van der Waals surface area contributed by atoms with Gasteiger partial charge in [-0.05, 0) is 11.6 Å². The summed E-state index contributed by atoms with van der Waals surface area (Å²) in [6.07, 6.45) is 0. The number of nitrogens with zero attached hydrogens (tertiary/aromatic N) is 1. The molecule has 0 radical (unpaired) electrons. The Bertz CT molecular complexity index is 708. The minimum atomic E-state index is -0.680. The first-order chi connectivity index (χ1) is 10.1. The molecule has 1 heterocycles. The molecule has 0 unspecified atom stereocenters. The number of pyridine rings is 1. The Kier molecular flexibility index (Phi) is 4.50. The summed E-state index contributed by atoms with van der Waals surface area (Å²) < 4.78 is 1.06. The fraction of sp³-hybridized carbons (Fsp3) is 0.133. The fourth-order valence-corrected chi connectivity index (χ4v) is 1.91. The van der Waals surface area contributed by atoms with E-state index in [1.165, 1.54) is 18.2 Å². The summed E-state index contributed by atoms with van der Waals surface area (Å²) in [5, 5.41) is 2.71. The van der Waals surface area contributed by atoms with Gasteiger partial charge in [-0.25, -0.2) is 0 Å². The molecule has 0 fully saturated rings. The van der Waals surface area contributed by atoms with Gasteiger partial charge in [-0.1, -0.05) is 36.4 Å². The van der Waals surface area contributed by atoms with Crippen LogP contribution in [0.4, 0.5) is 0 Å². The highest BCUT2D eigenvalue weighted by Crippen LogP contribution is 2.00. The number of primary amides is 1. The maximum Gasteiger partial charge on any atom is 0.268 e. The first kappa shape index (κ1) is 14.5. The van der Waals surface area contributed by atoms with Crippen LogP contribution >= 0.6 is 0 Å². The van der Waals surface area contributed by atoms with E-state index in [-0.39, 0.29) is 12.2 Å². The molecular formula is C15H15N3O3. The van der Waals surface area contributed by atoms with Crippen molar-refractivity contribution >= 4 is 11.8 Å². The summed E-state index contributed by atoms with van der Waals surface area (Å²) in [5.41, 5.74) is 5.70. The van der Waals surface area contributed by atoms with Crippen LogP contribution in [0, 0.1) is 0 Å². The molecule has 2 rings (SSSR count). The van der Waals surface area contributed by atoms with Gasteiger partial charge in [0.2, 0.25) is 5.91 Å². The summed E-state index contributed by atoms with van der Waals surface area (Å²) in [6.45, 7) is 0.00704. The van der Waals surface area contributed by atoms with Crippen LogP contribution in [0.1, 0.15) is 16.1 Å². The maximum absolute atomic E-state index is 12.1. The van der Waals surface area contributed by atoms with E-state index in [1.54, 1.807) is 0 Å². The molecule has 0 aliphatic heterocycles. The smallest absolute Gasteiger partial charge is 0.268 e. The van der Waals surface area contributed by atoms with Crippen molar-refractivity contribution in [2.45, 2.75) is 13.1 Å². The molecule has 0 atom stereocenters. The van der Waals surface area contributed by atoms with Crippen molar-refractivity contribution in [1.29, 1.82) is 0 Å². The average Bonchev–Trinajstić information content (AvgIpc) is 2.47. The molecule has 108 valence electrons. The van der Waals surface area contributed by atoms with Crippen LogP contribution in [0.2, 0.25) is 0 Å². The van der Waals surface area contributed by atoms with E-state index in [9.17, 15) is 14.4 Å². The zero-order valence-corrected chi connectivity index (χ0v) is 11.3. The van der Waals surface area contributed by atoms with Crippen molar-refractivity contribution < 1.29 is 9.59 Å². The molecule has 21 heavy (non-hydrogen) atoms. The van der Waals surface area contributed by atoms with Crippen LogP contribution in [-0.4, -0.2) is 16.4 Å².